The van der Waals surface area contributed by atoms with Crippen molar-refractivity contribution < 1.29 is 14.3 Å². The van der Waals surface area contributed by atoms with E-state index in [-0.39, 0.29) is 29.9 Å². The summed E-state index contributed by atoms with van der Waals surface area (Å²) in [6, 6.07) is -0.662. The number of hydrogen-bond acceptors (Lipinski definition) is 3. The van der Waals surface area contributed by atoms with Crippen LogP contribution in [0, 0.1) is 5.92 Å². The van der Waals surface area contributed by atoms with Crippen LogP contribution in [0.2, 0.25) is 0 Å². The van der Waals surface area contributed by atoms with Crippen molar-refractivity contribution >= 4 is 11.8 Å². The molecule has 4 unspecified atom stereocenters. The molecule has 2 heterocycles. The fourth-order valence-corrected chi connectivity index (χ4v) is 3.05. The molecule has 5 heteroatoms. The first-order valence-electron chi connectivity index (χ1n) is 7.26. The van der Waals surface area contributed by atoms with E-state index in [1.807, 2.05) is 20.8 Å². The van der Waals surface area contributed by atoms with Crippen molar-refractivity contribution in [3.05, 3.63) is 0 Å². The monoisotopic (exact) mass is 268 g/mol. The molecule has 5 nitrogen and oxygen atoms in total. The van der Waals surface area contributed by atoms with Crippen LogP contribution in [0.15, 0.2) is 0 Å². The molecule has 0 bridgehead atoms. The minimum atomic E-state index is -0.379. The Balaban J connectivity index is 2.14. The molecule has 2 saturated heterocycles. The first-order valence-corrected chi connectivity index (χ1v) is 7.26. The largest absolute Gasteiger partial charge is 0.381 e. The Bertz CT molecular complexity index is 353. The van der Waals surface area contributed by atoms with Gasteiger partial charge in [0.05, 0.1) is 6.61 Å². The van der Waals surface area contributed by atoms with Crippen molar-refractivity contribution in [3.63, 3.8) is 0 Å². The van der Waals surface area contributed by atoms with E-state index in [4.69, 9.17) is 4.74 Å². The minimum absolute atomic E-state index is 0.0381. The number of nitrogens with one attached hydrogen (secondary N) is 1. The summed E-state index contributed by atoms with van der Waals surface area (Å²) in [5.41, 5.74) is 0. The zero-order valence-electron chi connectivity index (χ0n) is 12.0. The molecule has 0 aromatic carbocycles. The van der Waals surface area contributed by atoms with Crippen molar-refractivity contribution in [2.24, 2.45) is 5.92 Å². The Morgan fingerprint density at radius 2 is 2.21 bits per heavy atom. The van der Waals surface area contributed by atoms with Crippen LogP contribution < -0.4 is 5.32 Å². The molecule has 0 radical (unpaired) electrons. The molecule has 2 aliphatic heterocycles. The van der Waals surface area contributed by atoms with E-state index < -0.39 is 0 Å². The highest BCUT2D eigenvalue weighted by Gasteiger charge is 2.42. The van der Waals surface area contributed by atoms with E-state index in [0.717, 1.165) is 19.4 Å². The van der Waals surface area contributed by atoms with Gasteiger partial charge in [0, 0.05) is 18.6 Å². The highest BCUT2D eigenvalue weighted by Crippen LogP contribution is 2.25. The molecule has 1 N–H and O–H groups in total. The molecule has 19 heavy (non-hydrogen) atoms. The molecule has 0 aromatic rings. The lowest BCUT2D eigenvalue weighted by molar-refractivity contribution is -0.152. The normalized spacial score (nSPS) is 33.4. The first kappa shape index (κ1) is 14.3. The maximum absolute atomic E-state index is 12.5. The van der Waals surface area contributed by atoms with E-state index in [9.17, 15) is 9.59 Å². The summed E-state index contributed by atoms with van der Waals surface area (Å²) in [5, 5.41) is 2.83. The summed E-state index contributed by atoms with van der Waals surface area (Å²) in [4.78, 5) is 26.3. The molecule has 0 saturated carbocycles. The van der Waals surface area contributed by atoms with Gasteiger partial charge in [-0.2, -0.15) is 0 Å². The van der Waals surface area contributed by atoms with Crippen molar-refractivity contribution in [1.29, 1.82) is 0 Å². The van der Waals surface area contributed by atoms with E-state index in [2.05, 4.69) is 5.32 Å². The predicted molar refractivity (Wildman–Crippen MR) is 71.5 cm³/mol. The summed E-state index contributed by atoms with van der Waals surface area (Å²) in [7, 11) is 0. The maximum Gasteiger partial charge on any atom is 0.246 e. The topological polar surface area (TPSA) is 58.6 Å². The van der Waals surface area contributed by atoms with Crippen LogP contribution in [-0.4, -0.2) is 48.1 Å². The third-order valence-corrected chi connectivity index (χ3v) is 4.33. The average Bonchev–Trinajstić information content (AvgIpc) is 2.90. The van der Waals surface area contributed by atoms with Crippen molar-refractivity contribution in [2.45, 2.75) is 58.2 Å². The van der Waals surface area contributed by atoms with Gasteiger partial charge in [-0.1, -0.05) is 13.3 Å². The fourth-order valence-electron chi connectivity index (χ4n) is 3.05. The van der Waals surface area contributed by atoms with Crippen LogP contribution in [0.1, 0.15) is 40.0 Å². The van der Waals surface area contributed by atoms with Gasteiger partial charge in [0.25, 0.3) is 0 Å². The predicted octanol–water partition coefficient (Wildman–Crippen LogP) is 0.927. The first-order chi connectivity index (χ1) is 9.06. The van der Waals surface area contributed by atoms with Crippen LogP contribution in [-0.2, 0) is 14.3 Å². The van der Waals surface area contributed by atoms with Crippen LogP contribution in [0.25, 0.3) is 0 Å². The quantitative estimate of drug-likeness (QED) is 0.825. The van der Waals surface area contributed by atoms with Gasteiger partial charge in [-0.25, -0.2) is 0 Å². The Labute approximate surface area is 114 Å². The van der Waals surface area contributed by atoms with E-state index >= 15 is 0 Å². The molecule has 0 spiro atoms. The fraction of sp³-hybridized carbons (Fsp3) is 0.857. The van der Waals surface area contributed by atoms with E-state index in [0.29, 0.717) is 18.9 Å². The summed E-state index contributed by atoms with van der Waals surface area (Å²) in [6.07, 6.45) is 2.57. The number of amides is 2. The molecule has 2 aliphatic rings. The van der Waals surface area contributed by atoms with Crippen LogP contribution >= 0.6 is 0 Å². The van der Waals surface area contributed by atoms with Crippen LogP contribution in [0.5, 0.6) is 0 Å². The molecular formula is C14H24N2O3. The van der Waals surface area contributed by atoms with Gasteiger partial charge >= 0.3 is 0 Å². The summed E-state index contributed by atoms with van der Waals surface area (Å²) < 4.78 is 5.40. The lowest BCUT2D eigenvalue weighted by Gasteiger charge is -2.42. The number of ether oxygens (including phenoxy) is 1. The molecule has 2 amide bonds. The molecule has 0 aliphatic carbocycles. The minimum Gasteiger partial charge on any atom is -0.381 e. The molecular weight excluding hydrogens is 244 g/mol. The van der Waals surface area contributed by atoms with Gasteiger partial charge in [0.15, 0.2) is 0 Å². The third-order valence-electron chi connectivity index (χ3n) is 4.33. The smallest absolute Gasteiger partial charge is 0.246 e. The average molecular weight is 268 g/mol. The van der Waals surface area contributed by atoms with Gasteiger partial charge in [0.2, 0.25) is 11.8 Å². The second kappa shape index (κ2) is 5.90. The number of carbonyl (C=O) groups is 2. The Morgan fingerprint density at radius 3 is 2.79 bits per heavy atom. The maximum atomic E-state index is 12.5. The Hall–Kier alpha value is -1.10. The number of nitrogens with zero attached hydrogens (tertiary/aromatic N) is 1. The van der Waals surface area contributed by atoms with Crippen molar-refractivity contribution in [2.75, 3.05) is 13.2 Å². The molecule has 2 fully saturated rings. The zero-order chi connectivity index (χ0) is 14.0. The van der Waals surface area contributed by atoms with Crippen molar-refractivity contribution in [1.82, 2.24) is 10.2 Å². The van der Waals surface area contributed by atoms with Gasteiger partial charge < -0.3 is 15.0 Å². The Kier molecular flexibility index (Phi) is 4.45. The standard InChI is InChI=1S/C14H24N2O3/c1-4-5-12-14(18)16(10(3)13(17)15-12)9(2)11-6-7-19-8-11/h9-12H,4-8H2,1-3H3,(H,15,17). The number of carbonyl (C=O) groups excluding carboxylic acids is 2. The summed E-state index contributed by atoms with van der Waals surface area (Å²) in [5.74, 6) is 0.372. The van der Waals surface area contributed by atoms with Crippen molar-refractivity contribution in [3.8, 4) is 0 Å². The highest BCUT2D eigenvalue weighted by molar-refractivity contribution is 5.96. The molecule has 2 rings (SSSR count). The third kappa shape index (κ3) is 2.76. The van der Waals surface area contributed by atoms with Gasteiger partial charge in [0.1, 0.15) is 12.1 Å². The second-order valence-corrected chi connectivity index (χ2v) is 5.64. The van der Waals surface area contributed by atoms with Gasteiger partial charge in [-0.05, 0) is 26.7 Å². The number of rotatable bonds is 4. The second-order valence-electron chi connectivity index (χ2n) is 5.64. The number of piperazine rings is 1. The van der Waals surface area contributed by atoms with E-state index in [1.165, 1.54) is 0 Å². The number of hydrogen-bond donors (Lipinski definition) is 1. The lowest BCUT2D eigenvalue weighted by atomic mass is 9.94. The summed E-state index contributed by atoms with van der Waals surface area (Å²) in [6.45, 7) is 7.32. The Morgan fingerprint density at radius 1 is 1.47 bits per heavy atom. The van der Waals surface area contributed by atoms with Crippen LogP contribution in [0.4, 0.5) is 0 Å². The molecule has 0 aromatic heterocycles. The molecule has 4 atom stereocenters. The SMILES string of the molecule is CCCC1NC(=O)C(C)N(C(C)C2CCOC2)C1=O. The van der Waals surface area contributed by atoms with Crippen LogP contribution in [0.3, 0.4) is 0 Å². The zero-order valence-corrected chi connectivity index (χ0v) is 12.0. The highest BCUT2D eigenvalue weighted by atomic mass is 16.5. The summed E-state index contributed by atoms with van der Waals surface area (Å²) >= 11 is 0. The van der Waals surface area contributed by atoms with Gasteiger partial charge in [-0.3, -0.25) is 9.59 Å². The van der Waals surface area contributed by atoms with E-state index in [1.54, 1.807) is 4.90 Å². The molecule has 108 valence electrons. The van der Waals surface area contributed by atoms with Gasteiger partial charge in [-0.15, -0.1) is 0 Å². The lowest BCUT2D eigenvalue weighted by Crippen LogP contribution is -2.65.